The summed E-state index contributed by atoms with van der Waals surface area (Å²) < 4.78 is 0. The number of rotatable bonds is 8. The first-order valence-corrected chi connectivity index (χ1v) is 13.6. The van der Waals surface area contributed by atoms with Crippen LogP contribution in [0.1, 0.15) is 70.9 Å². The van der Waals surface area contributed by atoms with Crippen molar-refractivity contribution in [3.05, 3.63) is 46.6 Å². The highest BCUT2D eigenvalue weighted by atomic mass is 35.5. The van der Waals surface area contributed by atoms with E-state index < -0.39 is 0 Å². The molecule has 7 nitrogen and oxygen atoms in total. The van der Waals surface area contributed by atoms with Gasteiger partial charge in [0.1, 0.15) is 12.2 Å². The lowest BCUT2D eigenvalue weighted by atomic mass is 9.98. The number of nitrogens with zero attached hydrogens (tertiary/aromatic N) is 3. The summed E-state index contributed by atoms with van der Waals surface area (Å²) in [7, 11) is 0. The molecule has 3 aliphatic heterocycles. The summed E-state index contributed by atoms with van der Waals surface area (Å²) in [4.78, 5) is 29.9. The van der Waals surface area contributed by atoms with E-state index in [1.54, 1.807) is 4.90 Å². The number of halogens is 1. The zero-order chi connectivity index (χ0) is 25.4. The number of carbonyl (C=O) groups excluding carboxylic acids is 2. The van der Waals surface area contributed by atoms with Crippen LogP contribution in [0.3, 0.4) is 0 Å². The molecule has 2 N–H and O–H groups in total. The molecule has 2 unspecified atom stereocenters. The highest BCUT2D eigenvalue weighted by Gasteiger charge is 2.41. The molecule has 2 atom stereocenters. The van der Waals surface area contributed by atoms with Crippen LogP contribution in [0.5, 0.6) is 0 Å². The number of amides is 2. The number of aliphatic hydroxyl groups excluding tert-OH is 1. The number of nitrogens with one attached hydrogen (secondary N) is 1. The van der Waals surface area contributed by atoms with Gasteiger partial charge in [-0.25, -0.2) is 5.43 Å². The maximum Gasteiger partial charge on any atom is 0.271 e. The van der Waals surface area contributed by atoms with E-state index in [0.717, 1.165) is 44.1 Å². The minimum Gasteiger partial charge on any atom is -0.396 e. The van der Waals surface area contributed by atoms with Gasteiger partial charge in [-0.2, -0.15) is 0 Å². The summed E-state index contributed by atoms with van der Waals surface area (Å²) in [6, 6.07) is 7.71. The van der Waals surface area contributed by atoms with Crippen molar-refractivity contribution in [1.82, 2.24) is 20.2 Å². The van der Waals surface area contributed by atoms with Crippen molar-refractivity contribution in [1.29, 1.82) is 0 Å². The summed E-state index contributed by atoms with van der Waals surface area (Å²) in [5.41, 5.74) is 5.20. The average molecular weight is 505 g/mol. The maximum absolute atomic E-state index is 13.4. The number of hydrogen-bond acceptors (Lipinski definition) is 5. The van der Waals surface area contributed by atoms with Crippen molar-refractivity contribution in [2.24, 2.45) is 5.92 Å². The van der Waals surface area contributed by atoms with E-state index >= 15 is 0 Å². The molecule has 2 amide bonds. The Morgan fingerprint density at radius 3 is 2.46 bits per heavy atom. The molecule has 194 valence electrons. The van der Waals surface area contributed by atoms with Crippen LogP contribution in [0.15, 0.2) is 36.0 Å². The molecule has 3 aliphatic rings. The Hall–Kier alpha value is -2.09. The maximum atomic E-state index is 13.4. The quantitative estimate of drug-likeness (QED) is 0.520. The Labute approximate surface area is 215 Å². The van der Waals surface area contributed by atoms with E-state index in [2.05, 4.69) is 12.3 Å². The van der Waals surface area contributed by atoms with E-state index in [4.69, 9.17) is 11.6 Å². The van der Waals surface area contributed by atoms with Crippen molar-refractivity contribution >= 4 is 23.4 Å². The average Bonchev–Trinajstić information content (AvgIpc) is 3.34. The van der Waals surface area contributed by atoms with Gasteiger partial charge in [0, 0.05) is 31.3 Å². The van der Waals surface area contributed by atoms with Gasteiger partial charge < -0.3 is 14.9 Å². The Bertz CT molecular complexity index is 868. The molecule has 0 aliphatic carbocycles. The minimum absolute atomic E-state index is 0.00121. The lowest BCUT2D eigenvalue weighted by Crippen LogP contribution is -2.58. The third-order valence-electron chi connectivity index (χ3n) is 7.09. The number of hydrogen-bond donors (Lipinski definition) is 2. The van der Waals surface area contributed by atoms with E-state index in [1.807, 2.05) is 54.1 Å². The molecular formula is C27H41ClN4O3. The SMILES string of the molecule is CC.CCCCCC1CN(CC(=O)N2CCC(CO)CC2)C(=O)C2=CC(c3ccc(Cl)cc3)NN21. The standard InChI is InChI=1S/C25H35ClN4O3.C2H6/c1-2-3-4-5-21-15-29(16-24(32)28-12-10-18(17-31)11-13-28)25(33)23-14-22(27-30(21)23)19-6-8-20(26)9-7-19;1-2/h6-9,14,18,21-22,27,31H,2-5,10-13,15-17H2,1H3;1-2H3. The van der Waals surface area contributed by atoms with Gasteiger partial charge in [-0.1, -0.05) is 63.8 Å². The summed E-state index contributed by atoms with van der Waals surface area (Å²) in [6.45, 7) is 8.33. The highest BCUT2D eigenvalue weighted by molar-refractivity contribution is 6.30. The topological polar surface area (TPSA) is 76.1 Å². The molecule has 0 aromatic heterocycles. The molecule has 1 aromatic rings. The third-order valence-corrected chi connectivity index (χ3v) is 7.34. The van der Waals surface area contributed by atoms with E-state index in [9.17, 15) is 14.7 Å². The van der Waals surface area contributed by atoms with E-state index in [-0.39, 0.29) is 43.0 Å². The Morgan fingerprint density at radius 1 is 1.14 bits per heavy atom. The van der Waals surface area contributed by atoms with Crippen LogP contribution in [-0.2, 0) is 9.59 Å². The molecule has 2 saturated heterocycles. The summed E-state index contributed by atoms with van der Waals surface area (Å²) >= 11 is 6.05. The Morgan fingerprint density at radius 2 is 1.83 bits per heavy atom. The second kappa shape index (κ2) is 13.3. The molecular weight excluding hydrogens is 464 g/mol. The van der Waals surface area contributed by atoms with E-state index in [0.29, 0.717) is 30.4 Å². The number of unbranched alkanes of at least 4 members (excludes halogenated alkanes) is 2. The van der Waals surface area contributed by atoms with Crippen LogP contribution < -0.4 is 5.43 Å². The molecule has 0 bridgehead atoms. The molecule has 3 heterocycles. The van der Waals surface area contributed by atoms with Crippen LogP contribution in [0.4, 0.5) is 0 Å². The zero-order valence-electron chi connectivity index (χ0n) is 21.4. The van der Waals surface area contributed by atoms with Crippen molar-refractivity contribution in [2.45, 2.75) is 71.4 Å². The Kier molecular flexibility index (Phi) is 10.4. The van der Waals surface area contributed by atoms with Crippen LogP contribution in [0.2, 0.25) is 5.02 Å². The molecule has 2 fully saturated rings. The molecule has 35 heavy (non-hydrogen) atoms. The summed E-state index contributed by atoms with van der Waals surface area (Å²) in [6.07, 6.45) is 7.96. The summed E-state index contributed by atoms with van der Waals surface area (Å²) in [5.74, 6) is 0.187. The van der Waals surface area contributed by atoms with Crippen LogP contribution >= 0.6 is 11.6 Å². The number of hydrazine groups is 1. The zero-order valence-corrected chi connectivity index (χ0v) is 22.1. The third kappa shape index (κ3) is 6.78. The fourth-order valence-corrected chi connectivity index (χ4v) is 5.13. The van der Waals surface area contributed by atoms with Crippen LogP contribution in [-0.4, -0.2) is 70.6 Å². The van der Waals surface area contributed by atoms with Gasteiger partial charge in [-0.15, -0.1) is 0 Å². The van der Waals surface area contributed by atoms with Gasteiger partial charge in [0.05, 0.1) is 12.1 Å². The molecule has 8 heteroatoms. The predicted octanol–water partition coefficient (Wildman–Crippen LogP) is 4.13. The molecule has 0 saturated carbocycles. The van der Waals surface area contributed by atoms with Crippen molar-refractivity contribution in [3.63, 3.8) is 0 Å². The lowest BCUT2D eigenvalue weighted by Gasteiger charge is -2.42. The van der Waals surface area contributed by atoms with Crippen LogP contribution in [0, 0.1) is 5.92 Å². The molecule has 0 radical (unpaired) electrons. The number of piperidine rings is 1. The number of carbonyl (C=O) groups is 2. The molecule has 4 rings (SSSR count). The van der Waals surface area contributed by atoms with Crippen molar-refractivity contribution < 1.29 is 14.7 Å². The van der Waals surface area contributed by atoms with Gasteiger partial charge in [-0.05, 0) is 49.0 Å². The Balaban J connectivity index is 0.00000167. The van der Waals surface area contributed by atoms with Gasteiger partial charge in [0.2, 0.25) is 5.91 Å². The number of benzene rings is 1. The second-order valence-corrected chi connectivity index (χ2v) is 9.86. The fraction of sp³-hybridized carbons (Fsp3) is 0.630. The number of aliphatic hydroxyl groups is 1. The smallest absolute Gasteiger partial charge is 0.271 e. The second-order valence-electron chi connectivity index (χ2n) is 9.42. The fourth-order valence-electron chi connectivity index (χ4n) is 5.01. The van der Waals surface area contributed by atoms with Crippen molar-refractivity contribution in [3.8, 4) is 0 Å². The first kappa shape index (κ1) is 27.5. The summed E-state index contributed by atoms with van der Waals surface area (Å²) in [5, 5.41) is 12.1. The largest absolute Gasteiger partial charge is 0.396 e. The van der Waals surface area contributed by atoms with Crippen molar-refractivity contribution in [2.75, 3.05) is 32.8 Å². The molecule has 0 spiro atoms. The van der Waals surface area contributed by atoms with Gasteiger partial charge in [0.15, 0.2) is 0 Å². The number of likely N-dealkylation sites (tertiary alicyclic amines) is 1. The minimum atomic E-state index is -0.0944. The number of fused-ring (bicyclic) bond motifs is 1. The molecule has 1 aromatic carbocycles. The normalized spacial score (nSPS) is 22.5. The first-order chi connectivity index (χ1) is 17.0. The van der Waals surface area contributed by atoms with Gasteiger partial charge >= 0.3 is 0 Å². The first-order valence-electron chi connectivity index (χ1n) is 13.2. The highest BCUT2D eigenvalue weighted by Crippen LogP contribution is 2.32. The predicted molar refractivity (Wildman–Crippen MR) is 139 cm³/mol. The monoisotopic (exact) mass is 504 g/mol. The lowest BCUT2D eigenvalue weighted by molar-refractivity contribution is -0.143. The number of piperazine rings is 1. The van der Waals surface area contributed by atoms with Gasteiger partial charge in [-0.3, -0.25) is 14.6 Å². The van der Waals surface area contributed by atoms with E-state index in [1.165, 1.54) is 0 Å². The van der Waals surface area contributed by atoms with Gasteiger partial charge in [0.25, 0.3) is 5.91 Å². The van der Waals surface area contributed by atoms with Crippen LogP contribution in [0.25, 0.3) is 0 Å².